The monoisotopic (exact) mass is 515 g/mol. The van der Waals surface area contributed by atoms with Crippen LogP contribution in [0, 0.1) is 0 Å². The highest BCUT2D eigenvalue weighted by molar-refractivity contribution is 7.14. The first-order valence-corrected chi connectivity index (χ1v) is 12.4. The lowest BCUT2D eigenvalue weighted by Crippen LogP contribution is -2.44. The van der Waals surface area contributed by atoms with Crippen LogP contribution >= 0.6 is 11.3 Å². The number of methoxy groups -OCH3 is 1. The first-order valence-electron chi connectivity index (χ1n) is 11.5. The molecule has 0 unspecified atom stereocenters. The van der Waals surface area contributed by atoms with Gasteiger partial charge in [0.2, 0.25) is 0 Å². The molecule has 188 valence electrons. The quantitative estimate of drug-likeness (QED) is 0.304. The average Bonchev–Trinajstić information content (AvgIpc) is 3.40. The third kappa shape index (κ3) is 7.25. The van der Waals surface area contributed by atoms with E-state index in [0.717, 1.165) is 16.9 Å². The van der Waals surface area contributed by atoms with Crippen LogP contribution in [0.25, 0.3) is 11.3 Å². The third-order valence-corrected chi connectivity index (χ3v) is 6.15. The Balaban J connectivity index is 1.35. The molecular weight excluding hydrogens is 490 g/mol. The van der Waals surface area contributed by atoms with Crippen LogP contribution in [0.2, 0.25) is 0 Å². The number of anilines is 1. The fourth-order valence-corrected chi connectivity index (χ4v) is 4.23. The summed E-state index contributed by atoms with van der Waals surface area (Å²) >= 11 is 1.26. The minimum atomic E-state index is -0.968. The van der Waals surface area contributed by atoms with Crippen molar-refractivity contribution < 1.29 is 23.9 Å². The average molecular weight is 516 g/mol. The molecule has 0 aliphatic rings. The summed E-state index contributed by atoms with van der Waals surface area (Å²) in [5.74, 6) is -0.908. The highest BCUT2D eigenvalue weighted by Gasteiger charge is 2.24. The van der Waals surface area contributed by atoms with E-state index in [0.29, 0.717) is 16.4 Å². The van der Waals surface area contributed by atoms with Crippen LogP contribution in [-0.2, 0) is 20.7 Å². The number of rotatable bonds is 10. The van der Waals surface area contributed by atoms with Crippen molar-refractivity contribution in [3.8, 4) is 17.0 Å². The van der Waals surface area contributed by atoms with Gasteiger partial charge in [-0.05, 0) is 42.0 Å². The second-order valence-corrected chi connectivity index (χ2v) is 8.86. The number of carbonyl (C=O) groups excluding carboxylic acids is 3. The fourth-order valence-electron chi connectivity index (χ4n) is 3.49. The van der Waals surface area contributed by atoms with E-state index >= 15 is 0 Å². The molecular formula is C28H25N3O5S. The van der Waals surface area contributed by atoms with Gasteiger partial charge in [-0.25, -0.2) is 9.78 Å². The minimum absolute atomic E-state index is 0.220. The lowest BCUT2D eigenvalue weighted by molar-refractivity contribution is -0.149. The normalized spacial score (nSPS) is 11.3. The van der Waals surface area contributed by atoms with Gasteiger partial charge in [-0.15, -0.1) is 11.3 Å². The molecule has 0 aliphatic heterocycles. The number of hydrogen-bond donors (Lipinski definition) is 2. The molecule has 2 N–H and O–H groups in total. The summed E-state index contributed by atoms with van der Waals surface area (Å²) in [7, 11) is 1.60. The van der Waals surface area contributed by atoms with Crippen molar-refractivity contribution in [3.63, 3.8) is 0 Å². The van der Waals surface area contributed by atoms with E-state index < -0.39 is 30.4 Å². The zero-order chi connectivity index (χ0) is 26.0. The second kappa shape index (κ2) is 12.5. The maximum Gasteiger partial charge on any atom is 0.329 e. The van der Waals surface area contributed by atoms with Gasteiger partial charge in [-0.2, -0.15) is 0 Å². The van der Waals surface area contributed by atoms with Gasteiger partial charge in [-0.3, -0.25) is 14.9 Å². The lowest BCUT2D eigenvalue weighted by Gasteiger charge is -2.18. The van der Waals surface area contributed by atoms with Crippen LogP contribution in [0.4, 0.5) is 5.13 Å². The summed E-state index contributed by atoms with van der Waals surface area (Å²) < 4.78 is 10.4. The molecule has 1 heterocycles. The predicted molar refractivity (Wildman–Crippen MR) is 142 cm³/mol. The standard InChI is InChI=1S/C28H25N3O5S/c1-35-22-14-12-20(13-15-22)24-18-37-28(30-24)31-25(32)17-36-27(34)23(16-19-8-4-2-5-9-19)29-26(33)21-10-6-3-7-11-21/h2-15,18,23H,16-17H2,1H3,(H,29,33)(H,30,31,32)/t23-/m1/s1. The SMILES string of the molecule is COc1ccc(-c2csc(NC(=O)COC(=O)[C@@H](Cc3ccccc3)NC(=O)c3ccccc3)n2)cc1. The minimum Gasteiger partial charge on any atom is -0.497 e. The van der Waals surface area contributed by atoms with Crippen molar-refractivity contribution in [3.05, 3.63) is 101 Å². The Morgan fingerprint density at radius 1 is 0.919 bits per heavy atom. The van der Waals surface area contributed by atoms with Crippen molar-refractivity contribution >= 4 is 34.3 Å². The van der Waals surface area contributed by atoms with Crippen molar-refractivity contribution in [1.29, 1.82) is 0 Å². The van der Waals surface area contributed by atoms with Gasteiger partial charge in [0.05, 0.1) is 12.8 Å². The molecule has 8 nitrogen and oxygen atoms in total. The van der Waals surface area contributed by atoms with Crippen molar-refractivity contribution in [2.45, 2.75) is 12.5 Å². The zero-order valence-corrected chi connectivity index (χ0v) is 20.9. The molecule has 1 atom stereocenters. The van der Waals surface area contributed by atoms with Gasteiger partial charge >= 0.3 is 5.97 Å². The summed E-state index contributed by atoms with van der Waals surface area (Å²) in [5.41, 5.74) is 2.84. The third-order valence-electron chi connectivity index (χ3n) is 5.39. The highest BCUT2D eigenvalue weighted by atomic mass is 32.1. The molecule has 0 spiro atoms. The summed E-state index contributed by atoms with van der Waals surface area (Å²) in [6.45, 7) is -0.511. The van der Waals surface area contributed by atoms with Gasteiger partial charge in [0.1, 0.15) is 11.8 Å². The smallest absolute Gasteiger partial charge is 0.329 e. The van der Waals surface area contributed by atoms with Crippen molar-refractivity contribution in [2.24, 2.45) is 0 Å². The van der Waals surface area contributed by atoms with E-state index in [-0.39, 0.29) is 6.42 Å². The van der Waals surface area contributed by atoms with Crippen LogP contribution in [0.3, 0.4) is 0 Å². The lowest BCUT2D eigenvalue weighted by atomic mass is 10.1. The van der Waals surface area contributed by atoms with Crippen LogP contribution in [0.15, 0.2) is 90.3 Å². The van der Waals surface area contributed by atoms with Crippen LogP contribution in [0.1, 0.15) is 15.9 Å². The van der Waals surface area contributed by atoms with Gasteiger partial charge < -0.3 is 14.8 Å². The second-order valence-electron chi connectivity index (χ2n) is 8.00. The maximum atomic E-state index is 12.9. The molecule has 0 aliphatic carbocycles. The van der Waals surface area contributed by atoms with E-state index in [4.69, 9.17) is 9.47 Å². The topological polar surface area (TPSA) is 107 Å². The van der Waals surface area contributed by atoms with Gasteiger partial charge in [0.15, 0.2) is 11.7 Å². The molecule has 2 amide bonds. The molecule has 4 rings (SSSR count). The molecule has 0 fully saturated rings. The number of hydrogen-bond acceptors (Lipinski definition) is 7. The molecule has 1 aromatic heterocycles. The highest BCUT2D eigenvalue weighted by Crippen LogP contribution is 2.26. The Labute approximate surface area is 218 Å². The number of benzene rings is 3. The van der Waals surface area contributed by atoms with Crippen molar-refractivity contribution in [2.75, 3.05) is 19.0 Å². The maximum absolute atomic E-state index is 12.9. The molecule has 3 aromatic carbocycles. The van der Waals surface area contributed by atoms with Crippen LogP contribution < -0.4 is 15.4 Å². The number of aromatic nitrogens is 1. The summed E-state index contributed by atoms with van der Waals surface area (Å²) in [5, 5.41) is 7.56. The van der Waals surface area contributed by atoms with E-state index in [2.05, 4.69) is 15.6 Å². The Bertz CT molecular complexity index is 1340. The molecule has 0 saturated heterocycles. The molecule has 4 aromatic rings. The fraction of sp³-hybridized carbons (Fsp3) is 0.143. The Morgan fingerprint density at radius 2 is 1.59 bits per heavy atom. The number of esters is 1. The molecule has 0 bridgehead atoms. The van der Waals surface area contributed by atoms with Crippen LogP contribution in [0.5, 0.6) is 5.75 Å². The summed E-state index contributed by atoms with van der Waals surface area (Å²) in [4.78, 5) is 42.4. The first-order chi connectivity index (χ1) is 18.0. The van der Waals surface area contributed by atoms with Gasteiger partial charge in [0, 0.05) is 22.9 Å². The number of amides is 2. The molecule has 0 saturated carbocycles. The molecule has 37 heavy (non-hydrogen) atoms. The molecule has 0 radical (unpaired) electrons. The number of carbonyl (C=O) groups is 3. The summed E-state index contributed by atoms with van der Waals surface area (Å²) in [6.07, 6.45) is 0.220. The van der Waals surface area contributed by atoms with Crippen molar-refractivity contribution in [1.82, 2.24) is 10.3 Å². The number of thiazole rings is 1. The van der Waals surface area contributed by atoms with E-state index in [9.17, 15) is 14.4 Å². The summed E-state index contributed by atoms with van der Waals surface area (Å²) in [6, 6.07) is 24.3. The molecule has 9 heteroatoms. The number of nitrogens with one attached hydrogen (secondary N) is 2. The Hall–Kier alpha value is -4.50. The number of nitrogens with zero attached hydrogens (tertiary/aromatic N) is 1. The van der Waals surface area contributed by atoms with Crippen LogP contribution in [-0.4, -0.2) is 42.5 Å². The predicted octanol–water partition coefficient (Wildman–Crippen LogP) is 4.34. The first kappa shape index (κ1) is 25.6. The van der Waals surface area contributed by atoms with E-state index in [1.54, 1.807) is 37.4 Å². The number of ether oxygens (including phenoxy) is 2. The van der Waals surface area contributed by atoms with Gasteiger partial charge in [0.25, 0.3) is 11.8 Å². The Kier molecular flexibility index (Phi) is 8.62. The van der Waals surface area contributed by atoms with Gasteiger partial charge in [-0.1, -0.05) is 48.5 Å². The zero-order valence-electron chi connectivity index (χ0n) is 20.0. The van der Waals surface area contributed by atoms with E-state index in [1.165, 1.54) is 11.3 Å². The Morgan fingerprint density at radius 3 is 2.27 bits per heavy atom. The van der Waals surface area contributed by atoms with E-state index in [1.807, 2.05) is 60.0 Å². The largest absolute Gasteiger partial charge is 0.497 e.